The molecule has 0 spiro atoms. The van der Waals surface area contributed by atoms with Crippen molar-refractivity contribution >= 4 is 27.6 Å². The third-order valence-corrected chi connectivity index (χ3v) is 4.10. The molecule has 0 aromatic heterocycles. The molecule has 1 aromatic carbocycles. The Morgan fingerprint density at radius 3 is 2.48 bits per heavy atom. The summed E-state index contributed by atoms with van der Waals surface area (Å²) in [5.74, 6) is -1.89. The van der Waals surface area contributed by atoms with Crippen molar-refractivity contribution in [3.63, 3.8) is 0 Å². The van der Waals surface area contributed by atoms with Crippen LogP contribution in [0.15, 0.2) is 24.3 Å². The van der Waals surface area contributed by atoms with Gasteiger partial charge in [-0.05, 0) is 25.5 Å². The summed E-state index contributed by atoms with van der Waals surface area (Å²) in [6.45, 7) is 3.05. The third-order valence-electron chi connectivity index (χ3n) is 2.63. The van der Waals surface area contributed by atoms with E-state index in [4.69, 9.17) is 5.11 Å². The van der Waals surface area contributed by atoms with E-state index >= 15 is 0 Å². The number of hydrogen-bond donors (Lipinski definition) is 3. The molecular weight excluding hydrogens is 296 g/mol. The smallest absolute Gasteiger partial charge is 0.325 e. The summed E-state index contributed by atoms with van der Waals surface area (Å²) in [6.07, 6.45) is 0.444. The van der Waals surface area contributed by atoms with E-state index in [1.807, 2.05) is 0 Å². The summed E-state index contributed by atoms with van der Waals surface area (Å²) in [7, 11) is -3.53. The fourth-order valence-electron chi connectivity index (χ4n) is 1.59. The minimum absolute atomic E-state index is 0.0610. The van der Waals surface area contributed by atoms with Crippen molar-refractivity contribution in [2.24, 2.45) is 0 Å². The first-order valence-corrected chi connectivity index (χ1v) is 8.05. The lowest BCUT2D eigenvalue weighted by atomic mass is 10.1. The number of rotatable bonds is 7. The van der Waals surface area contributed by atoms with Crippen molar-refractivity contribution in [1.82, 2.24) is 5.32 Å². The highest BCUT2D eigenvalue weighted by Crippen LogP contribution is 2.17. The standard InChI is InChI=1S/C13H18N2O5S/c1-3-8-21(19,20)15-11-7-5-4-6-10(11)12(16)14-9(2)13(17)18/h4-7,9,15H,3,8H2,1-2H3,(H,14,16)(H,17,18)/t9-/m0/s1. The van der Waals surface area contributed by atoms with Crippen molar-refractivity contribution in [2.45, 2.75) is 26.3 Å². The minimum atomic E-state index is -3.53. The Balaban J connectivity index is 2.99. The van der Waals surface area contributed by atoms with Gasteiger partial charge in [0.1, 0.15) is 6.04 Å². The summed E-state index contributed by atoms with van der Waals surface area (Å²) in [5, 5.41) is 11.1. The molecule has 0 heterocycles. The van der Waals surface area contributed by atoms with Gasteiger partial charge in [0.05, 0.1) is 17.0 Å². The van der Waals surface area contributed by atoms with E-state index in [-0.39, 0.29) is 17.0 Å². The Hall–Kier alpha value is -2.09. The molecule has 1 amide bonds. The largest absolute Gasteiger partial charge is 0.480 e. The number of para-hydroxylation sites is 1. The lowest BCUT2D eigenvalue weighted by molar-refractivity contribution is -0.138. The van der Waals surface area contributed by atoms with Gasteiger partial charge in [0.25, 0.3) is 5.91 Å². The summed E-state index contributed by atoms with van der Waals surface area (Å²) in [4.78, 5) is 22.8. The highest BCUT2D eigenvalue weighted by molar-refractivity contribution is 7.92. The molecule has 0 radical (unpaired) electrons. The maximum atomic E-state index is 12.0. The highest BCUT2D eigenvalue weighted by Gasteiger charge is 2.19. The number of carboxylic acids is 1. The average Bonchev–Trinajstić information content (AvgIpc) is 2.38. The Bertz CT molecular complexity index is 627. The van der Waals surface area contributed by atoms with Crippen molar-refractivity contribution in [1.29, 1.82) is 0 Å². The number of hydrogen-bond acceptors (Lipinski definition) is 4. The molecule has 0 saturated carbocycles. The topological polar surface area (TPSA) is 113 Å². The molecule has 21 heavy (non-hydrogen) atoms. The number of carbonyl (C=O) groups is 2. The Labute approximate surface area is 123 Å². The van der Waals surface area contributed by atoms with E-state index in [2.05, 4.69) is 10.0 Å². The van der Waals surface area contributed by atoms with E-state index in [1.54, 1.807) is 19.1 Å². The maximum Gasteiger partial charge on any atom is 0.325 e. The Morgan fingerprint density at radius 1 is 1.29 bits per heavy atom. The van der Waals surface area contributed by atoms with Gasteiger partial charge in [-0.25, -0.2) is 8.42 Å². The minimum Gasteiger partial charge on any atom is -0.480 e. The molecule has 1 rings (SSSR count). The summed E-state index contributed by atoms with van der Waals surface area (Å²) in [6, 6.07) is 4.96. The number of anilines is 1. The van der Waals surface area contributed by atoms with Crippen LogP contribution in [0.2, 0.25) is 0 Å². The van der Waals surface area contributed by atoms with Crippen LogP contribution in [-0.4, -0.2) is 37.2 Å². The van der Waals surface area contributed by atoms with E-state index in [9.17, 15) is 18.0 Å². The van der Waals surface area contributed by atoms with Crippen LogP contribution in [-0.2, 0) is 14.8 Å². The van der Waals surface area contributed by atoms with Gasteiger partial charge in [-0.3, -0.25) is 14.3 Å². The molecule has 0 saturated heterocycles. The van der Waals surface area contributed by atoms with Crippen molar-refractivity contribution in [3.8, 4) is 0 Å². The summed E-state index contributed by atoms with van der Waals surface area (Å²) < 4.78 is 25.9. The third kappa shape index (κ3) is 5.07. The number of carboxylic acid groups (broad SMARTS) is 1. The molecule has 0 aliphatic rings. The zero-order chi connectivity index (χ0) is 16.0. The molecule has 1 aromatic rings. The molecule has 0 aliphatic carbocycles. The molecule has 0 aliphatic heterocycles. The van der Waals surface area contributed by atoms with Crippen LogP contribution in [0.4, 0.5) is 5.69 Å². The predicted octanol–water partition coefficient (Wildman–Crippen LogP) is 1.04. The Kier molecular flexibility index (Phi) is 5.71. The lowest BCUT2D eigenvalue weighted by Crippen LogP contribution is -2.38. The highest BCUT2D eigenvalue weighted by atomic mass is 32.2. The van der Waals surface area contributed by atoms with Crippen molar-refractivity contribution < 1.29 is 23.1 Å². The predicted molar refractivity (Wildman–Crippen MR) is 78.7 cm³/mol. The van der Waals surface area contributed by atoms with Gasteiger partial charge in [-0.1, -0.05) is 19.1 Å². The molecule has 0 unspecified atom stereocenters. The first-order chi connectivity index (χ1) is 9.76. The zero-order valence-corrected chi connectivity index (χ0v) is 12.6. The van der Waals surface area contributed by atoms with Gasteiger partial charge in [0.2, 0.25) is 10.0 Å². The molecular formula is C13H18N2O5S. The van der Waals surface area contributed by atoms with Crippen LogP contribution >= 0.6 is 0 Å². The van der Waals surface area contributed by atoms with E-state index < -0.39 is 27.9 Å². The van der Waals surface area contributed by atoms with E-state index in [0.29, 0.717) is 6.42 Å². The first kappa shape index (κ1) is 17.0. The maximum absolute atomic E-state index is 12.0. The van der Waals surface area contributed by atoms with Gasteiger partial charge in [-0.15, -0.1) is 0 Å². The quantitative estimate of drug-likeness (QED) is 0.696. The second kappa shape index (κ2) is 7.07. The van der Waals surface area contributed by atoms with Gasteiger partial charge in [0, 0.05) is 0 Å². The van der Waals surface area contributed by atoms with Gasteiger partial charge >= 0.3 is 5.97 Å². The fraction of sp³-hybridized carbons (Fsp3) is 0.385. The second-order valence-electron chi connectivity index (χ2n) is 4.50. The molecule has 116 valence electrons. The van der Waals surface area contributed by atoms with E-state index in [1.165, 1.54) is 19.1 Å². The van der Waals surface area contributed by atoms with Crippen LogP contribution in [0, 0.1) is 0 Å². The number of benzene rings is 1. The SMILES string of the molecule is CCCS(=O)(=O)Nc1ccccc1C(=O)N[C@@H](C)C(=O)O. The number of amides is 1. The summed E-state index contributed by atoms with van der Waals surface area (Å²) in [5.41, 5.74) is 0.200. The Morgan fingerprint density at radius 2 is 1.90 bits per heavy atom. The normalized spacial score (nSPS) is 12.5. The van der Waals surface area contributed by atoms with Crippen LogP contribution in [0.25, 0.3) is 0 Å². The number of aliphatic carboxylic acids is 1. The number of sulfonamides is 1. The molecule has 7 nitrogen and oxygen atoms in total. The molecule has 0 bridgehead atoms. The first-order valence-electron chi connectivity index (χ1n) is 6.40. The average molecular weight is 314 g/mol. The molecule has 8 heteroatoms. The summed E-state index contributed by atoms with van der Waals surface area (Å²) >= 11 is 0. The molecule has 0 fully saturated rings. The molecule has 1 atom stereocenters. The van der Waals surface area contributed by atoms with E-state index in [0.717, 1.165) is 0 Å². The number of nitrogens with one attached hydrogen (secondary N) is 2. The zero-order valence-electron chi connectivity index (χ0n) is 11.8. The van der Waals surface area contributed by atoms with Gasteiger partial charge in [0.15, 0.2) is 0 Å². The monoisotopic (exact) mass is 314 g/mol. The van der Waals surface area contributed by atoms with Crippen molar-refractivity contribution in [3.05, 3.63) is 29.8 Å². The van der Waals surface area contributed by atoms with Gasteiger partial charge < -0.3 is 10.4 Å². The van der Waals surface area contributed by atoms with Crippen LogP contribution in [0.5, 0.6) is 0 Å². The fourth-order valence-corrected chi connectivity index (χ4v) is 2.75. The van der Waals surface area contributed by atoms with Gasteiger partial charge in [-0.2, -0.15) is 0 Å². The lowest BCUT2D eigenvalue weighted by Gasteiger charge is -2.14. The van der Waals surface area contributed by atoms with Crippen LogP contribution in [0.1, 0.15) is 30.6 Å². The van der Waals surface area contributed by atoms with Crippen molar-refractivity contribution in [2.75, 3.05) is 10.5 Å². The number of carbonyl (C=O) groups excluding carboxylic acids is 1. The van der Waals surface area contributed by atoms with Crippen LogP contribution in [0.3, 0.4) is 0 Å². The second-order valence-corrected chi connectivity index (χ2v) is 6.34. The molecule has 3 N–H and O–H groups in total. The van der Waals surface area contributed by atoms with Crippen LogP contribution < -0.4 is 10.0 Å².